The van der Waals surface area contributed by atoms with E-state index in [1.54, 1.807) is 6.92 Å². The Hall–Kier alpha value is -0.620. The van der Waals surface area contributed by atoms with Gasteiger partial charge in [-0.15, -0.1) is 0 Å². The Balaban J connectivity index is 2.69. The van der Waals surface area contributed by atoms with Crippen molar-refractivity contribution in [3.05, 3.63) is 0 Å². The van der Waals surface area contributed by atoms with E-state index < -0.39 is 20.8 Å². The van der Waals surface area contributed by atoms with Crippen molar-refractivity contribution in [1.82, 2.24) is 0 Å². The minimum absolute atomic E-state index is 0.552. The highest BCUT2D eigenvalue weighted by molar-refractivity contribution is 7.88. The molecule has 14 heavy (non-hydrogen) atoms. The van der Waals surface area contributed by atoms with Crippen LogP contribution >= 0.6 is 0 Å². The molecule has 5 nitrogen and oxygen atoms in total. The van der Waals surface area contributed by atoms with Crippen LogP contribution in [-0.4, -0.2) is 19.1 Å². The second kappa shape index (κ2) is 3.86. The van der Waals surface area contributed by atoms with E-state index >= 15 is 0 Å². The van der Waals surface area contributed by atoms with Crippen molar-refractivity contribution in [3.8, 4) is 0 Å². The van der Waals surface area contributed by atoms with Gasteiger partial charge in [-0.3, -0.25) is 4.89 Å². The Morgan fingerprint density at radius 3 is 2.21 bits per heavy atom. The topological polar surface area (TPSA) is 69.7 Å². The summed E-state index contributed by atoms with van der Waals surface area (Å²) < 4.78 is 26.4. The van der Waals surface area contributed by atoms with Crippen LogP contribution in [0.25, 0.3) is 0 Å². The summed E-state index contributed by atoms with van der Waals surface area (Å²) in [6.07, 6.45) is 2.82. The first-order valence-electron chi connectivity index (χ1n) is 4.49. The quantitative estimate of drug-likeness (QED) is 0.529. The van der Waals surface area contributed by atoms with Gasteiger partial charge in [-0.25, -0.2) is 4.79 Å². The van der Waals surface area contributed by atoms with Crippen molar-refractivity contribution < 1.29 is 22.4 Å². The summed E-state index contributed by atoms with van der Waals surface area (Å²) in [5.74, 6) is -0.768. The highest BCUT2D eigenvalue weighted by atomic mass is 32.2. The molecular weight excluding hydrogens is 208 g/mol. The molecule has 0 unspecified atom stereocenters. The smallest absolute Gasteiger partial charge is 0.282 e. The average molecular weight is 222 g/mol. The van der Waals surface area contributed by atoms with Crippen LogP contribution in [0.1, 0.15) is 39.5 Å². The van der Waals surface area contributed by atoms with E-state index in [2.05, 4.69) is 9.22 Å². The Bertz CT molecular complexity index is 313. The standard InChI is InChI=1S/C8H14O5S/c1-7(9)12-13-14(10,11)8(2)5-3-4-6-8/h3-6H2,1-2H3. The number of hydrogen-bond donors (Lipinski definition) is 0. The van der Waals surface area contributed by atoms with Gasteiger partial charge in [-0.1, -0.05) is 17.2 Å². The molecule has 0 aromatic rings. The highest BCUT2D eigenvalue weighted by Crippen LogP contribution is 2.37. The van der Waals surface area contributed by atoms with Gasteiger partial charge in [0, 0.05) is 6.92 Å². The normalized spacial score (nSPS) is 20.7. The molecule has 0 radical (unpaired) electrons. The van der Waals surface area contributed by atoms with Gasteiger partial charge in [0.15, 0.2) is 0 Å². The average Bonchev–Trinajstić information content (AvgIpc) is 2.50. The van der Waals surface area contributed by atoms with E-state index in [0.717, 1.165) is 19.8 Å². The zero-order valence-electron chi connectivity index (χ0n) is 8.28. The lowest BCUT2D eigenvalue weighted by molar-refractivity contribution is -0.209. The van der Waals surface area contributed by atoms with Gasteiger partial charge >= 0.3 is 16.1 Å². The van der Waals surface area contributed by atoms with E-state index in [1.165, 1.54) is 0 Å². The van der Waals surface area contributed by atoms with Crippen LogP contribution in [-0.2, 0) is 24.1 Å². The van der Waals surface area contributed by atoms with Crippen LogP contribution in [0.5, 0.6) is 0 Å². The molecule has 0 amide bonds. The fourth-order valence-corrected chi connectivity index (χ4v) is 2.69. The molecule has 0 saturated heterocycles. The van der Waals surface area contributed by atoms with Crippen molar-refractivity contribution in [2.45, 2.75) is 44.3 Å². The maximum absolute atomic E-state index is 11.6. The van der Waals surface area contributed by atoms with E-state index in [9.17, 15) is 13.2 Å². The molecule has 0 aliphatic heterocycles. The van der Waals surface area contributed by atoms with Crippen LogP contribution in [0.2, 0.25) is 0 Å². The molecule has 1 aliphatic carbocycles. The van der Waals surface area contributed by atoms with E-state index in [4.69, 9.17) is 0 Å². The Morgan fingerprint density at radius 2 is 1.79 bits per heavy atom. The predicted octanol–water partition coefficient (Wildman–Crippen LogP) is 1.14. The van der Waals surface area contributed by atoms with Crippen molar-refractivity contribution in [2.24, 2.45) is 0 Å². The lowest BCUT2D eigenvalue weighted by Crippen LogP contribution is -2.34. The molecule has 0 bridgehead atoms. The Labute approximate surface area is 83.4 Å². The van der Waals surface area contributed by atoms with E-state index in [-0.39, 0.29) is 0 Å². The number of rotatable bonds is 3. The maximum atomic E-state index is 11.6. The number of carbonyl (C=O) groups excluding carboxylic acids is 1. The minimum atomic E-state index is -3.80. The van der Waals surface area contributed by atoms with Crippen LogP contribution in [0, 0.1) is 0 Å². The van der Waals surface area contributed by atoms with Crippen molar-refractivity contribution >= 4 is 16.1 Å². The van der Waals surface area contributed by atoms with Gasteiger partial charge in [-0.2, -0.15) is 8.42 Å². The molecule has 6 heteroatoms. The largest absolute Gasteiger partial charge is 0.340 e. The van der Waals surface area contributed by atoms with Gasteiger partial charge in [0.1, 0.15) is 0 Å². The lowest BCUT2D eigenvalue weighted by Gasteiger charge is -2.20. The zero-order chi connectivity index (χ0) is 10.8. The molecule has 0 N–H and O–H groups in total. The zero-order valence-corrected chi connectivity index (χ0v) is 9.09. The first-order valence-corrected chi connectivity index (χ1v) is 5.89. The molecule has 0 atom stereocenters. The summed E-state index contributed by atoms with van der Waals surface area (Å²) in [6.45, 7) is 2.70. The molecule has 0 aromatic carbocycles. The Kier molecular flexibility index (Phi) is 3.16. The van der Waals surface area contributed by atoms with Crippen LogP contribution < -0.4 is 0 Å². The van der Waals surface area contributed by atoms with E-state index in [0.29, 0.717) is 12.8 Å². The molecule has 1 aliphatic rings. The summed E-state index contributed by atoms with van der Waals surface area (Å²) in [5.41, 5.74) is 0. The third kappa shape index (κ3) is 2.24. The van der Waals surface area contributed by atoms with Gasteiger partial charge in [-0.05, 0) is 19.8 Å². The molecule has 0 spiro atoms. The summed E-state index contributed by atoms with van der Waals surface area (Å²) in [4.78, 5) is 14.5. The first-order chi connectivity index (χ1) is 6.37. The fraction of sp³-hybridized carbons (Fsp3) is 0.875. The van der Waals surface area contributed by atoms with Crippen LogP contribution in [0.15, 0.2) is 0 Å². The number of carbonyl (C=O) groups is 1. The second-order valence-electron chi connectivity index (χ2n) is 3.75. The molecular formula is C8H14O5S. The predicted molar refractivity (Wildman–Crippen MR) is 48.6 cm³/mol. The molecule has 0 aromatic heterocycles. The SMILES string of the molecule is CC(=O)OOS(=O)(=O)C1(C)CCCC1. The molecule has 1 saturated carbocycles. The fourth-order valence-electron chi connectivity index (χ4n) is 1.55. The lowest BCUT2D eigenvalue weighted by atomic mass is 10.1. The first kappa shape index (κ1) is 11.5. The minimum Gasteiger partial charge on any atom is -0.282 e. The number of hydrogen-bond acceptors (Lipinski definition) is 5. The third-order valence-electron chi connectivity index (χ3n) is 2.51. The molecule has 82 valence electrons. The van der Waals surface area contributed by atoms with Crippen LogP contribution in [0.3, 0.4) is 0 Å². The van der Waals surface area contributed by atoms with Crippen molar-refractivity contribution in [1.29, 1.82) is 0 Å². The maximum Gasteiger partial charge on any atom is 0.340 e. The second-order valence-corrected chi connectivity index (χ2v) is 5.78. The molecule has 1 rings (SSSR count). The van der Waals surface area contributed by atoms with E-state index in [1.807, 2.05) is 0 Å². The van der Waals surface area contributed by atoms with Gasteiger partial charge < -0.3 is 0 Å². The van der Waals surface area contributed by atoms with Gasteiger partial charge in [0.05, 0.1) is 4.75 Å². The summed E-state index contributed by atoms with van der Waals surface area (Å²) >= 11 is 0. The third-order valence-corrected chi connectivity index (χ3v) is 4.37. The van der Waals surface area contributed by atoms with Gasteiger partial charge in [0.2, 0.25) is 0 Å². The summed E-state index contributed by atoms with van der Waals surface area (Å²) in [7, 11) is -3.80. The summed E-state index contributed by atoms with van der Waals surface area (Å²) in [5, 5.41) is 0. The van der Waals surface area contributed by atoms with Crippen molar-refractivity contribution in [3.63, 3.8) is 0 Å². The highest BCUT2D eigenvalue weighted by Gasteiger charge is 2.44. The summed E-state index contributed by atoms with van der Waals surface area (Å²) in [6, 6.07) is 0. The monoisotopic (exact) mass is 222 g/mol. The van der Waals surface area contributed by atoms with Crippen LogP contribution in [0.4, 0.5) is 0 Å². The van der Waals surface area contributed by atoms with Crippen molar-refractivity contribution in [2.75, 3.05) is 0 Å². The Morgan fingerprint density at radius 1 is 1.29 bits per heavy atom. The van der Waals surface area contributed by atoms with Gasteiger partial charge in [0.25, 0.3) is 0 Å². The molecule has 0 heterocycles. The molecule has 1 fully saturated rings.